The minimum absolute atomic E-state index is 0.0913. The van der Waals surface area contributed by atoms with Crippen LogP contribution in [0.1, 0.15) is 0 Å². The lowest BCUT2D eigenvalue weighted by molar-refractivity contribution is -0.145. The molecule has 0 aromatic heterocycles. The highest BCUT2D eigenvalue weighted by atomic mass is 32.2. The second kappa shape index (κ2) is 4.88. The van der Waals surface area contributed by atoms with Gasteiger partial charge in [0, 0.05) is 0 Å². The van der Waals surface area contributed by atoms with E-state index >= 15 is 0 Å². The molecule has 0 saturated carbocycles. The van der Waals surface area contributed by atoms with Crippen LogP contribution < -0.4 is 0 Å². The number of aliphatic carboxylic acids is 1. The molecular weight excluding hydrogens is 226 g/mol. The van der Waals surface area contributed by atoms with Crippen LogP contribution >= 0.6 is 11.8 Å². The maximum Gasteiger partial charge on any atom is 0.347 e. The quantitative estimate of drug-likeness (QED) is 0.638. The number of carbonyl (C=O) groups excluding carboxylic acids is 1. The van der Waals surface area contributed by atoms with E-state index in [0.717, 1.165) is 6.07 Å². The highest BCUT2D eigenvalue weighted by Gasteiger charge is 2.26. The predicted molar refractivity (Wildman–Crippen MR) is 49.8 cm³/mol. The molecule has 0 heterocycles. The molecule has 0 spiro atoms. The van der Waals surface area contributed by atoms with E-state index in [1.807, 2.05) is 0 Å². The Bertz CT molecular complexity index is 395. The van der Waals surface area contributed by atoms with Crippen LogP contribution in [0.25, 0.3) is 0 Å². The van der Waals surface area contributed by atoms with Crippen LogP contribution in [-0.2, 0) is 9.59 Å². The smallest absolute Gasteiger partial charge is 0.347 e. The predicted octanol–water partition coefficient (Wildman–Crippen LogP) is 1.87. The highest BCUT2D eigenvalue weighted by Crippen LogP contribution is 2.23. The van der Waals surface area contributed by atoms with Crippen molar-refractivity contribution in [1.82, 2.24) is 0 Å². The topological polar surface area (TPSA) is 54.4 Å². The Morgan fingerprint density at radius 1 is 1.33 bits per heavy atom. The van der Waals surface area contributed by atoms with Gasteiger partial charge in [0.05, 0.1) is 4.90 Å². The molecule has 1 aromatic carbocycles. The summed E-state index contributed by atoms with van der Waals surface area (Å²) in [6.07, 6.45) is -2.63. The number of carboxylic acid groups (broad SMARTS) is 1. The van der Waals surface area contributed by atoms with Crippen LogP contribution in [0.15, 0.2) is 29.2 Å². The van der Waals surface area contributed by atoms with E-state index in [1.54, 1.807) is 0 Å². The van der Waals surface area contributed by atoms with Crippen LogP contribution in [0.3, 0.4) is 0 Å². The van der Waals surface area contributed by atoms with E-state index in [0.29, 0.717) is 0 Å². The minimum atomic E-state index is -2.63. The molecule has 1 atom stereocenters. The van der Waals surface area contributed by atoms with Gasteiger partial charge in [0.25, 0.3) is 6.17 Å². The number of carboxylic acids is 1. The van der Waals surface area contributed by atoms with Gasteiger partial charge in [0.15, 0.2) is 0 Å². The molecule has 1 unspecified atom stereocenters. The molecule has 0 radical (unpaired) electrons. The zero-order chi connectivity index (χ0) is 11.4. The van der Waals surface area contributed by atoms with Crippen LogP contribution in [0, 0.1) is 5.82 Å². The molecule has 1 aromatic rings. The molecule has 6 heteroatoms. The molecule has 0 aliphatic carbocycles. The van der Waals surface area contributed by atoms with Gasteiger partial charge in [-0.25, -0.2) is 13.6 Å². The first-order valence-electron chi connectivity index (χ1n) is 3.85. The maximum absolute atomic E-state index is 13.0. The van der Waals surface area contributed by atoms with Gasteiger partial charge in [-0.3, -0.25) is 4.79 Å². The molecule has 0 saturated heterocycles. The Morgan fingerprint density at radius 3 is 2.47 bits per heavy atom. The number of rotatable bonds is 3. The van der Waals surface area contributed by atoms with Crippen LogP contribution in [0.4, 0.5) is 8.78 Å². The third-order valence-corrected chi connectivity index (χ3v) is 2.43. The number of benzene rings is 1. The van der Waals surface area contributed by atoms with E-state index in [4.69, 9.17) is 5.11 Å². The van der Waals surface area contributed by atoms with Crippen molar-refractivity contribution in [3.05, 3.63) is 30.1 Å². The molecular formula is C9H6F2O3S. The second-order valence-electron chi connectivity index (χ2n) is 2.55. The Balaban J connectivity index is 2.75. The van der Waals surface area contributed by atoms with Crippen LogP contribution in [0.5, 0.6) is 0 Å². The molecule has 15 heavy (non-hydrogen) atoms. The lowest BCUT2D eigenvalue weighted by Gasteiger charge is -2.02. The van der Waals surface area contributed by atoms with Crippen molar-refractivity contribution in [3.8, 4) is 0 Å². The first-order valence-corrected chi connectivity index (χ1v) is 4.67. The molecule has 0 aliphatic rings. The summed E-state index contributed by atoms with van der Waals surface area (Å²) in [7, 11) is 0. The van der Waals surface area contributed by atoms with Gasteiger partial charge < -0.3 is 5.11 Å². The van der Waals surface area contributed by atoms with Crippen molar-refractivity contribution in [2.45, 2.75) is 11.1 Å². The van der Waals surface area contributed by atoms with Crippen molar-refractivity contribution in [3.63, 3.8) is 0 Å². The maximum atomic E-state index is 13.0. The van der Waals surface area contributed by atoms with Gasteiger partial charge in [-0.15, -0.1) is 0 Å². The summed E-state index contributed by atoms with van der Waals surface area (Å²) in [5.74, 6) is -2.56. The van der Waals surface area contributed by atoms with Gasteiger partial charge in [-0.2, -0.15) is 0 Å². The lowest BCUT2D eigenvalue weighted by Crippen LogP contribution is -2.22. The highest BCUT2D eigenvalue weighted by molar-refractivity contribution is 8.13. The third kappa shape index (κ3) is 3.02. The number of hydrogen-bond donors (Lipinski definition) is 1. The molecule has 0 aliphatic heterocycles. The van der Waals surface area contributed by atoms with E-state index in [-0.39, 0.29) is 16.7 Å². The summed E-state index contributed by atoms with van der Waals surface area (Å²) in [5, 5.41) is 6.95. The van der Waals surface area contributed by atoms with Crippen molar-refractivity contribution in [2.75, 3.05) is 0 Å². The molecule has 1 N–H and O–H groups in total. The van der Waals surface area contributed by atoms with E-state index in [2.05, 4.69) is 0 Å². The summed E-state index contributed by atoms with van der Waals surface area (Å²) in [6, 6.07) is 5.25. The van der Waals surface area contributed by atoms with Gasteiger partial charge in [-0.1, -0.05) is 12.1 Å². The van der Waals surface area contributed by atoms with E-state index < -0.39 is 23.1 Å². The summed E-state index contributed by atoms with van der Waals surface area (Å²) >= 11 is 0.237. The molecule has 0 amide bonds. The Hall–Kier alpha value is -1.43. The number of thioether (sulfide) groups is 1. The summed E-state index contributed by atoms with van der Waals surface area (Å²) in [4.78, 5) is 21.0. The van der Waals surface area contributed by atoms with E-state index in [9.17, 15) is 18.4 Å². The van der Waals surface area contributed by atoms with Gasteiger partial charge in [-0.05, 0) is 23.9 Å². The van der Waals surface area contributed by atoms with Crippen molar-refractivity contribution in [1.29, 1.82) is 0 Å². The van der Waals surface area contributed by atoms with Gasteiger partial charge >= 0.3 is 5.97 Å². The van der Waals surface area contributed by atoms with Gasteiger partial charge in [0.1, 0.15) is 5.82 Å². The zero-order valence-electron chi connectivity index (χ0n) is 7.31. The summed E-state index contributed by atoms with van der Waals surface area (Å²) in [6.45, 7) is 0. The molecule has 3 nitrogen and oxygen atoms in total. The summed E-state index contributed by atoms with van der Waals surface area (Å²) in [5.41, 5.74) is 0. The van der Waals surface area contributed by atoms with Crippen molar-refractivity contribution in [2.24, 2.45) is 0 Å². The van der Waals surface area contributed by atoms with Gasteiger partial charge in [0.2, 0.25) is 5.12 Å². The molecule has 1 rings (SSSR count). The summed E-state index contributed by atoms with van der Waals surface area (Å²) < 4.78 is 25.6. The second-order valence-corrected chi connectivity index (χ2v) is 3.60. The molecule has 0 fully saturated rings. The number of alkyl halides is 1. The average Bonchev–Trinajstić information content (AvgIpc) is 2.20. The largest absolute Gasteiger partial charge is 0.479 e. The fourth-order valence-electron chi connectivity index (χ4n) is 0.788. The fraction of sp³-hybridized carbons (Fsp3) is 0.111. The Morgan fingerprint density at radius 2 is 1.93 bits per heavy atom. The Labute approximate surface area is 88.1 Å². The molecule has 0 bridgehead atoms. The van der Waals surface area contributed by atoms with Crippen molar-refractivity contribution < 1.29 is 23.5 Å². The van der Waals surface area contributed by atoms with Crippen LogP contribution in [0.2, 0.25) is 0 Å². The number of halogens is 2. The number of hydrogen-bond acceptors (Lipinski definition) is 3. The SMILES string of the molecule is O=C(O)C(F)C(=O)Sc1ccccc1F. The minimum Gasteiger partial charge on any atom is -0.479 e. The monoisotopic (exact) mass is 232 g/mol. The Kier molecular flexibility index (Phi) is 3.79. The number of carbonyl (C=O) groups is 2. The first-order chi connectivity index (χ1) is 7.02. The first kappa shape index (κ1) is 11.6. The zero-order valence-corrected chi connectivity index (χ0v) is 8.13. The van der Waals surface area contributed by atoms with Crippen LogP contribution in [-0.4, -0.2) is 22.4 Å². The normalized spacial score (nSPS) is 12.1. The standard InChI is InChI=1S/C9H6F2O3S/c10-5-3-1-2-4-6(5)15-9(14)7(11)8(12)13/h1-4,7H,(H,12,13). The average molecular weight is 232 g/mol. The molecule has 80 valence electrons. The lowest BCUT2D eigenvalue weighted by atomic mass is 10.3. The van der Waals surface area contributed by atoms with E-state index in [1.165, 1.54) is 18.2 Å². The fourth-order valence-corrected chi connectivity index (χ4v) is 1.52. The van der Waals surface area contributed by atoms with Crippen molar-refractivity contribution >= 4 is 22.8 Å². The third-order valence-electron chi connectivity index (χ3n) is 1.47.